The fourth-order valence-electron chi connectivity index (χ4n) is 7.77. The van der Waals surface area contributed by atoms with Crippen molar-refractivity contribution < 1.29 is 33.4 Å². The van der Waals surface area contributed by atoms with Crippen LogP contribution in [-0.2, 0) is 9.59 Å². The van der Waals surface area contributed by atoms with Crippen molar-refractivity contribution in [3.63, 3.8) is 0 Å². The van der Waals surface area contributed by atoms with Crippen LogP contribution in [0.25, 0.3) is 0 Å². The Morgan fingerprint density at radius 3 is 2.34 bits per heavy atom. The third-order valence-corrected chi connectivity index (χ3v) is 10.6. The zero-order valence-corrected chi connectivity index (χ0v) is 25.3. The predicted octanol–water partition coefficient (Wildman–Crippen LogP) is 6.81. The van der Waals surface area contributed by atoms with Gasteiger partial charge in [-0.2, -0.15) is 0 Å². The van der Waals surface area contributed by atoms with Crippen LogP contribution >= 0.6 is 0 Å². The lowest BCUT2D eigenvalue weighted by Gasteiger charge is -2.34. The van der Waals surface area contributed by atoms with Gasteiger partial charge in [-0.1, -0.05) is 33.6 Å². The van der Waals surface area contributed by atoms with Gasteiger partial charge in [-0.15, -0.1) is 0 Å². The van der Waals surface area contributed by atoms with Gasteiger partial charge >= 0.3 is 5.97 Å². The molecular weight excluding hydrogens is 525 g/mol. The number of carbonyl (C=O) groups is 3. The number of ketones is 1. The van der Waals surface area contributed by atoms with Crippen LogP contribution in [0.1, 0.15) is 109 Å². The Kier molecular flexibility index (Phi) is 10.0. The molecule has 2 N–H and O–H groups in total. The smallest absolute Gasteiger partial charge is 0.309 e. The lowest BCUT2D eigenvalue weighted by Crippen LogP contribution is -2.47. The summed E-state index contributed by atoms with van der Waals surface area (Å²) in [7, 11) is 1.39. The van der Waals surface area contributed by atoms with Crippen molar-refractivity contribution in [2.75, 3.05) is 7.11 Å². The molecule has 0 heterocycles. The van der Waals surface area contributed by atoms with Crippen LogP contribution in [0, 0.1) is 40.8 Å². The molecule has 1 amide bonds. The second kappa shape index (κ2) is 13.1. The first-order valence-electron chi connectivity index (χ1n) is 15.6. The molecule has 3 fully saturated rings. The van der Waals surface area contributed by atoms with E-state index in [0.29, 0.717) is 49.9 Å². The fraction of sp³-hybridized carbons (Fsp3) is 0.727. The standard InChI is InChI=1S/C33H48FNO6/c1-6-20(7-2)19(3)8-11-26(36)29-21-9-10-22(16-21)30(29)35-31(37)24-17-28(25(34)18-27(24)40-5)41-23-12-14-33(4,15-13-23)32(38)39/h17-23,29-30H,6-16H2,1-5H3,(H,35,37)(H,38,39)/t19-,21-,22+,23?,29-,30-,33?/m1/s1. The number of benzene rings is 1. The molecule has 1 aromatic rings. The fourth-order valence-corrected chi connectivity index (χ4v) is 7.77. The van der Waals surface area contributed by atoms with Crippen molar-refractivity contribution in [2.24, 2.45) is 35.0 Å². The Labute approximate surface area is 243 Å². The number of carboxylic acid groups (broad SMARTS) is 1. The number of fused-ring (bicyclic) bond motifs is 2. The first-order valence-corrected chi connectivity index (χ1v) is 15.6. The summed E-state index contributed by atoms with van der Waals surface area (Å²) in [6, 6.07) is 2.32. The van der Waals surface area contributed by atoms with Crippen LogP contribution in [0.4, 0.5) is 4.39 Å². The summed E-state index contributed by atoms with van der Waals surface area (Å²) in [6.45, 7) is 8.38. The third kappa shape index (κ3) is 6.72. The second-order valence-corrected chi connectivity index (χ2v) is 13.1. The number of rotatable bonds is 13. The summed E-state index contributed by atoms with van der Waals surface area (Å²) in [5.74, 6) is -0.0422. The van der Waals surface area contributed by atoms with E-state index in [2.05, 4.69) is 26.1 Å². The molecule has 41 heavy (non-hydrogen) atoms. The normalized spacial score (nSPS) is 29.8. The van der Waals surface area contributed by atoms with E-state index < -0.39 is 23.1 Å². The molecule has 2 bridgehead atoms. The van der Waals surface area contributed by atoms with Gasteiger partial charge < -0.3 is 19.9 Å². The number of ether oxygens (including phenoxy) is 2. The Morgan fingerprint density at radius 2 is 1.73 bits per heavy atom. The average molecular weight is 574 g/mol. The van der Waals surface area contributed by atoms with Gasteiger partial charge in [0.1, 0.15) is 11.5 Å². The highest BCUT2D eigenvalue weighted by Gasteiger charge is 2.51. The Bertz CT molecular complexity index is 1110. The van der Waals surface area contributed by atoms with E-state index in [9.17, 15) is 23.9 Å². The third-order valence-electron chi connectivity index (χ3n) is 10.6. The largest absolute Gasteiger partial charge is 0.496 e. The van der Waals surface area contributed by atoms with Crippen LogP contribution in [0.5, 0.6) is 11.5 Å². The van der Waals surface area contributed by atoms with E-state index in [1.807, 2.05) is 0 Å². The maximum absolute atomic E-state index is 15.0. The van der Waals surface area contributed by atoms with E-state index in [4.69, 9.17) is 9.47 Å². The maximum atomic E-state index is 15.0. The number of nitrogens with one attached hydrogen (secondary N) is 1. The molecule has 3 saturated carbocycles. The molecule has 7 nitrogen and oxygen atoms in total. The Balaban J connectivity index is 1.45. The monoisotopic (exact) mass is 573 g/mol. The minimum atomic E-state index is -0.830. The van der Waals surface area contributed by atoms with E-state index >= 15 is 0 Å². The summed E-state index contributed by atoms with van der Waals surface area (Å²) < 4.78 is 26.3. The molecule has 3 aliphatic carbocycles. The van der Waals surface area contributed by atoms with Gasteiger partial charge in [-0.3, -0.25) is 14.4 Å². The van der Waals surface area contributed by atoms with Gasteiger partial charge in [-0.25, -0.2) is 4.39 Å². The van der Waals surface area contributed by atoms with E-state index in [-0.39, 0.29) is 46.8 Å². The summed E-state index contributed by atoms with van der Waals surface area (Å²) in [5.41, 5.74) is -0.629. The molecule has 4 rings (SSSR count). The first-order chi connectivity index (χ1) is 19.5. The summed E-state index contributed by atoms with van der Waals surface area (Å²) >= 11 is 0. The maximum Gasteiger partial charge on any atom is 0.309 e. The number of hydrogen-bond donors (Lipinski definition) is 2. The quantitative estimate of drug-likeness (QED) is 0.269. The second-order valence-electron chi connectivity index (χ2n) is 13.1. The van der Waals surface area contributed by atoms with Gasteiger partial charge in [0.15, 0.2) is 11.6 Å². The molecule has 228 valence electrons. The number of Topliss-reactive ketones (excluding diaryl/α,β-unsaturated/α-hetero) is 1. The predicted molar refractivity (Wildman–Crippen MR) is 155 cm³/mol. The molecule has 0 aliphatic heterocycles. The van der Waals surface area contributed by atoms with Crippen molar-refractivity contribution >= 4 is 17.7 Å². The summed E-state index contributed by atoms with van der Waals surface area (Å²) in [4.78, 5) is 38.7. The number of methoxy groups -OCH3 is 1. The Morgan fingerprint density at radius 1 is 1.07 bits per heavy atom. The molecule has 0 spiro atoms. The number of aliphatic carboxylic acids is 1. The highest BCUT2D eigenvalue weighted by Crippen LogP contribution is 2.49. The number of amides is 1. The van der Waals surface area contributed by atoms with Crippen LogP contribution in [0.2, 0.25) is 0 Å². The van der Waals surface area contributed by atoms with Gasteiger partial charge in [0.25, 0.3) is 5.91 Å². The lowest BCUT2D eigenvalue weighted by molar-refractivity contribution is -0.150. The lowest BCUT2D eigenvalue weighted by atomic mass is 9.75. The van der Waals surface area contributed by atoms with Crippen molar-refractivity contribution in [3.05, 3.63) is 23.5 Å². The van der Waals surface area contributed by atoms with Crippen LogP contribution < -0.4 is 14.8 Å². The zero-order chi connectivity index (χ0) is 29.9. The molecule has 3 aliphatic rings. The SMILES string of the molecule is CCC(CC)[C@H](C)CCC(=O)[C@H]1[C@@H]2CC[C@@H](C2)[C@H]1NC(=O)c1cc(OC2CCC(C)(C(=O)O)CC2)c(F)cc1OC. The zero-order valence-electron chi connectivity index (χ0n) is 25.3. The molecule has 1 aromatic carbocycles. The van der Waals surface area contributed by atoms with E-state index in [0.717, 1.165) is 44.6 Å². The minimum Gasteiger partial charge on any atom is -0.496 e. The highest BCUT2D eigenvalue weighted by molar-refractivity contribution is 5.98. The minimum absolute atomic E-state index is 0.0455. The highest BCUT2D eigenvalue weighted by atomic mass is 19.1. The van der Waals surface area contributed by atoms with Crippen molar-refractivity contribution in [1.82, 2.24) is 5.32 Å². The Hall–Kier alpha value is -2.64. The van der Waals surface area contributed by atoms with Crippen molar-refractivity contribution in [3.8, 4) is 11.5 Å². The van der Waals surface area contributed by atoms with Crippen LogP contribution in [0.3, 0.4) is 0 Å². The van der Waals surface area contributed by atoms with Crippen LogP contribution in [-0.4, -0.2) is 42.0 Å². The summed E-state index contributed by atoms with van der Waals surface area (Å²) in [5, 5.41) is 12.7. The van der Waals surface area contributed by atoms with Gasteiger partial charge in [-0.05, 0) is 88.0 Å². The van der Waals surface area contributed by atoms with Crippen molar-refractivity contribution in [2.45, 2.75) is 110 Å². The average Bonchev–Trinajstić information content (AvgIpc) is 3.56. The van der Waals surface area contributed by atoms with Gasteiger partial charge in [0.05, 0.1) is 24.2 Å². The molecular formula is C33H48FNO6. The number of carboxylic acids is 1. The molecule has 0 radical (unpaired) electrons. The molecule has 0 unspecified atom stereocenters. The first kappa shape index (κ1) is 31.3. The van der Waals surface area contributed by atoms with E-state index in [1.54, 1.807) is 6.92 Å². The number of carbonyl (C=O) groups excluding carboxylic acids is 2. The number of hydrogen-bond acceptors (Lipinski definition) is 5. The van der Waals surface area contributed by atoms with Crippen LogP contribution in [0.15, 0.2) is 12.1 Å². The van der Waals surface area contributed by atoms with Gasteiger partial charge in [0, 0.05) is 24.4 Å². The molecule has 0 saturated heterocycles. The molecule has 8 heteroatoms. The summed E-state index contributed by atoms with van der Waals surface area (Å²) in [6.07, 6.45) is 8.13. The van der Waals surface area contributed by atoms with Crippen molar-refractivity contribution in [1.29, 1.82) is 0 Å². The topological polar surface area (TPSA) is 102 Å². The molecule has 0 aromatic heterocycles. The molecule has 5 atom stereocenters. The van der Waals surface area contributed by atoms with Gasteiger partial charge in [0.2, 0.25) is 0 Å². The van der Waals surface area contributed by atoms with E-state index in [1.165, 1.54) is 13.2 Å². The number of halogens is 1.